The van der Waals surface area contributed by atoms with Gasteiger partial charge in [0.1, 0.15) is 0 Å². The summed E-state index contributed by atoms with van der Waals surface area (Å²) in [5.41, 5.74) is 2.80. The predicted molar refractivity (Wildman–Crippen MR) is 58.6 cm³/mol. The van der Waals surface area contributed by atoms with Gasteiger partial charge in [-0.2, -0.15) is 0 Å². The summed E-state index contributed by atoms with van der Waals surface area (Å²) in [6, 6.07) is 10.1. The van der Waals surface area contributed by atoms with Gasteiger partial charge in [0.15, 0.2) is 0 Å². The second-order valence-corrected chi connectivity index (χ2v) is 3.62. The van der Waals surface area contributed by atoms with E-state index < -0.39 is 5.97 Å². The van der Waals surface area contributed by atoms with Crippen molar-refractivity contribution in [1.29, 1.82) is 0 Å². The maximum atomic E-state index is 10.7. The molecule has 0 saturated carbocycles. The average molecular weight is 200 g/mol. The van der Waals surface area contributed by atoms with Crippen LogP contribution in [-0.2, 0) is 11.2 Å². The largest absolute Gasteiger partial charge is 0.478 e. The van der Waals surface area contributed by atoms with E-state index in [4.69, 9.17) is 5.11 Å². The van der Waals surface area contributed by atoms with E-state index in [9.17, 15) is 4.79 Å². The van der Waals surface area contributed by atoms with Gasteiger partial charge in [0.2, 0.25) is 0 Å². The minimum atomic E-state index is -0.811. The van der Waals surface area contributed by atoms with Gasteiger partial charge in [-0.05, 0) is 30.1 Å². The lowest BCUT2D eigenvalue weighted by molar-refractivity contribution is -0.132. The summed E-state index contributed by atoms with van der Waals surface area (Å²) in [6.45, 7) is 0. The molecule has 1 aliphatic rings. The summed E-state index contributed by atoms with van der Waals surface area (Å²) >= 11 is 0. The standard InChI is InChI=1S/C13H12O2/c14-13(15)12-7-6-11(9-12)8-10-4-2-1-3-5-10/h1-6,9H,7-8H2,(H,14,15). The van der Waals surface area contributed by atoms with Crippen molar-refractivity contribution in [3.05, 3.63) is 59.2 Å². The third-order valence-corrected chi connectivity index (χ3v) is 2.47. The van der Waals surface area contributed by atoms with E-state index in [1.165, 1.54) is 5.56 Å². The van der Waals surface area contributed by atoms with E-state index in [0.29, 0.717) is 12.0 Å². The van der Waals surface area contributed by atoms with Gasteiger partial charge in [-0.1, -0.05) is 36.4 Å². The number of carboxylic acids is 1. The molecule has 0 unspecified atom stereocenters. The van der Waals surface area contributed by atoms with E-state index in [0.717, 1.165) is 12.0 Å². The Hall–Kier alpha value is -1.83. The Bertz CT molecular complexity index is 427. The monoisotopic (exact) mass is 200 g/mol. The molecule has 76 valence electrons. The fraction of sp³-hybridized carbons (Fsp3) is 0.154. The number of carboxylic acid groups (broad SMARTS) is 1. The van der Waals surface area contributed by atoms with E-state index >= 15 is 0 Å². The minimum absolute atomic E-state index is 0.487. The highest BCUT2D eigenvalue weighted by molar-refractivity contribution is 5.88. The molecule has 2 nitrogen and oxygen atoms in total. The molecule has 15 heavy (non-hydrogen) atoms. The first-order chi connectivity index (χ1) is 7.25. The van der Waals surface area contributed by atoms with Gasteiger partial charge in [0.05, 0.1) is 0 Å². The van der Waals surface area contributed by atoms with Crippen molar-refractivity contribution in [2.24, 2.45) is 0 Å². The van der Waals surface area contributed by atoms with E-state index in [2.05, 4.69) is 0 Å². The Kier molecular flexibility index (Phi) is 2.68. The van der Waals surface area contributed by atoms with Crippen molar-refractivity contribution in [1.82, 2.24) is 0 Å². The topological polar surface area (TPSA) is 37.3 Å². The molecule has 0 spiro atoms. The summed E-state index contributed by atoms with van der Waals surface area (Å²) in [7, 11) is 0. The summed E-state index contributed by atoms with van der Waals surface area (Å²) < 4.78 is 0. The number of hydrogen-bond donors (Lipinski definition) is 1. The number of aliphatic carboxylic acids is 1. The highest BCUT2D eigenvalue weighted by Gasteiger charge is 2.12. The van der Waals surface area contributed by atoms with Crippen LogP contribution in [0.3, 0.4) is 0 Å². The third kappa shape index (κ3) is 2.34. The van der Waals surface area contributed by atoms with Crippen molar-refractivity contribution in [3.63, 3.8) is 0 Å². The van der Waals surface area contributed by atoms with Crippen LogP contribution in [0.1, 0.15) is 12.0 Å². The molecule has 1 aliphatic carbocycles. The number of rotatable bonds is 3. The second kappa shape index (κ2) is 4.13. The molecule has 0 aromatic heterocycles. The zero-order chi connectivity index (χ0) is 10.7. The molecule has 1 aromatic rings. The maximum absolute atomic E-state index is 10.7. The lowest BCUT2D eigenvalue weighted by Crippen LogP contribution is -1.96. The second-order valence-electron chi connectivity index (χ2n) is 3.62. The summed E-state index contributed by atoms with van der Waals surface area (Å²) in [4.78, 5) is 10.7. The molecule has 2 rings (SSSR count). The van der Waals surface area contributed by atoms with Crippen LogP contribution in [0.25, 0.3) is 0 Å². The van der Waals surface area contributed by atoms with Crippen molar-refractivity contribution >= 4 is 5.97 Å². The van der Waals surface area contributed by atoms with Crippen LogP contribution >= 0.6 is 0 Å². The molecule has 0 radical (unpaired) electrons. The smallest absolute Gasteiger partial charge is 0.331 e. The average Bonchev–Trinajstić information content (AvgIpc) is 2.68. The highest BCUT2D eigenvalue weighted by atomic mass is 16.4. The lowest BCUT2D eigenvalue weighted by Gasteiger charge is -1.99. The Morgan fingerprint density at radius 1 is 1.27 bits per heavy atom. The highest BCUT2D eigenvalue weighted by Crippen LogP contribution is 2.20. The van der Waals surface area contributed by atoms with Gasteiger partial charge in [0.25, 0.3) is 0 Å². The van der Waals surface area contributed by atoms with Crippen LogP contribution in [-0.4, -0.2) is 11.1 Å². The van der Waals surface area contributed by atoms with E-state index in [-0.39, 0.29) is 0 Å². The normalized spacial score (nSPS) is 14.7. The minimum Gasteiger partial charge on any atom is -0.478 e. The molecule has 0 fully saturated rings. The van der Waals surface area contributed by atoms with Crippen molar-refractivity contribution in [2.45, 2.75) is 12.8 Å². The SMILES string of the molecule is O=C(O)C1=CC(Cc2ccccc2)=CC1. The van der Waals surface area contributed by atoms with Gasteiger partial charge < -0.3 is 5.11 Å². The van der Waals surface area contributed by atoms with Crippen LogP contribution in [0.15, 0.2) is 53.6 Å². The summed E-state index contributed by atoms with van der Waals surface area (Å²) in [5, 5.41) is 8.80. The third-order valence-electron chi connectivity index (χ3n) is 2.47. The van der Waals surface area contributed by atoms with Gasteiger partial charge in [-0.25, -0.2) is 4.79 Å². The van der Waals surface area contributed by atoms with Crippen LogP contribution in [0.4, 0.5) is 0 Å². The fourth-order valence-corrected chi connectivity index (χ4v) is 1.69. The first kappa shape index (κ1) is 9.71. The zero-order valence-corrected chi connectivity index (χ0v) is 8.31. The molecular formula is C13H12O2. The molecule has 2 heteroatoms. The molecular weight excluding hydrogens is 188 g/mol. The molecule has 0 aliphatic heterocycles. The number of hydrogen-bond acceptors (Lipinski definition) is 1. The molecule has 0 saturated heterocycles. The van der Waals surface area contributed by atoms with Gasteiger partial charge in [0, 0.05) is 5.57 Å². The lowest BCUT2D eigenvalue weighted by atomic mass is 10.1. The van der Waals surface area contributed by atoms with Crippen LogP contribution < -0.4 is 0 Å². The molecule has 1 aromatic carbocycles. The van der Waals surface area contributed by atoms with Crippen LogP contribution in [0, 0.1) is 0 Å². The fourth-order valence-electron chi connectivity index (χ4n) is 1.69. The zero-order valence-electron chi connectivity index (χ0n) is 8.31. The summed E-state index contributed by atoms with van der Waals surface area (Å²) in [5.74, 6) is -0.811. The quantitative estimate of drug-likeness (QED) is 0.814. The van der Waals surface area contributed by atoms with Crippen LogP contribution in [0.5, 0.6) is 0 Å². The Morgan fingerprint density at radius 3 is 2.60 bits per heavy atom. The molecule has 0 heterocycles. The molecule has 0 atom stereocenters. The number of benzene rings is 1. The van der Waals surface area contributed by atoms with Crippen LogP contribution in [0.2, 0.25) is 0 Å². The summed E-state index contributed by atoms with van der Waals surface area (Å²) in [6.07, 6.45) is 5.13. The van der Waals surface area contributed by atoms with Crippen molar-refractivity contribution in [2.75, 3.05) is 0 Å². The Balaban J connectivity index is 2.07. The first-order valence-electron chi connectivity index (χ1n) is 4.92. The molecule has 1 N–H and O–H groups in total. The molecule has 0 amide bonds. The Labute approximate surface area is 88.6 Å². The maximum Gasteiger partial charge on any atom is 0.331 e. The van der Waals surface area contributed by atoms with Crippen molar-refractivity contribution < 1.29 is 9.90 Å². The van der Waals surface area contributed by atoms with E-state index in [1.807, 2.05) is 36.4 Å². The molecule has 0 bridgehead atoms. The Morgan fingerprint density at radius 2 is 2.00 bits per heavy atom. The predicted octanol–water partition coefficient (Wildman–Crippen LogP) is 2.57. The van der Waals surface area contributed by atoms with Crippen molar-refractivity contribution in [3.8, 4) is 0 Å². The van der Waals surface area contributed by atoms with E-state index in [1.54, 1.807) is 6.08 Å². The number of carbonyl (C=O) groups is 1. The van der Waals surface area contributed by atoms with Gasteiger partial charge in [-0.15, -0.1) is 0 Å². The number of allylic oxidation sites excluding steroid dienone is 3. The van der Waals surface area contributed by atoms with Gasteiger partial charge >= 0.3 is 5.97 Å². The van der Waals surface area contributed by atoms with Gasteiger partial charge in [-0.3, -0.25) is 0 Å². The first-order valence-corrected chi connectivity index (χ1v) is 4.92.